The van der Waals surface area contributed by atoms with E-state index in [1.165, 1.54) is 0 Å². The van der Waals surface area contributed by atoms with Crippen LogP contribution in [0.5, 0.6) is 11.5 Å². The Hall–Kier alpha value is -3.81. The smallest absolute Gasteiger partial charge is 0.277 e. The van der Waals surface area contributed by atoms with Crippen molar-refractivity contribution >= 4 is 22.5 Å². The molecule has 0 aliphatic carbocycles. The van der Waals surface area contributed by atoms with Gasteiger partial charge >= 0.3 is 0 Å². The molecule has 0 fully saturated rings. The van der Waals surface area contributed by atoms with Gasteiger partial charge in [-0.15, -0.1) is 0 Å². The fourth-order valence-electron chi connectivity index (χ4n) is 3.61. The fraction of sp³-hybridized carbons (Fsp3) is 0.190. The molecule has 0 unspecified atom stereocenters. The molecule has 1 aliphatic rings. The number of hydrogen-bond acceptors (Lipinski definition) is 5. The van der Waals surface area contributed by atoms with E-state index < -0.39 is 0 Å². The minimum Gasteiger partial charge on any atom is -0.454 e. The third-order valence-corrected chi connectivity index (χ3v) is 5.07. The maximum absolute atomic E-state index is 12.7. The lowest BCUT2D eigenvalue weighted by atomic mass is 10.1. The summed E-state index contributed by atoms with van der Waals surface area (Å²) in [6.07, 6.45) is 1.60. The zero-order chi connectivity index (χ0) is 20.0. The number of rotatable bonds is 4. The number of carbonyl (C=O) groups excluding carboxylic acids is 1. The SMILES string of the molecule is CCn1c(=O)c2ccnn2c2ccc(C(=O)NCc3ccc4c(c3)OCO4)cc21. The maximum atomic E-state index is 12.7. The first kappa shape index (κ1) is 17.3. The van der Waals surface area contributed by atoms with Crippen molar-refractivity contribution in [2.24, 2.45) is 0 Å². The molecule has 0 saturated heterocycles. The van der Waals surface area contributed by atoms with Gasteiger partial charge in [0.25, 0.3) is 11.5 Å². The number of ether oxygens (including phenoxy) is 2. The lowest BCUT2D eigenvalue weighted by Crippen LogP contribution is -2.25. The van der Waals surface area contributed by atoms with E-state index in [0.29, 0.717) is 41.2 Å². The summed E-state index contributed by atoms with van der Waals surface area (Å²) in [7, 11) is 0. The molecule has 3 heterocycles. The van der Waals surface area contributed by atoms with E-state index in [1.54, 1.807) is 33.5 Å². The Labute approximate surface area is 165 Å². The predicted molar refractivity (Wildman–Crippen MR) is 106 cm³/mol. The first-order valence-corrected chi connectivity index (χ1v) is 9.32. The summed E-state index contributed by atoms with van der Waals surface area (Å²) >= 11 is 0. The minimum atomic E-state index is -0.222. The van der Waals surface area contributed by atoms with E-state index >= 15 is 0 Å². The first-order chi connectivity index (χ1) is 14.2. The topological polar surface area (TPSA) is 86.9 Å². The Morgan fingerprint density at radius 3 is 2.79 bits per heavy atom. The van der Waals surface area contributed by atoms with E-state index in [-0.39, 0.29) is 18.3 Å². The highest BCUT2D eigenvalue weighted by Gasteiger charge is 2.15. The average molecular weight is 390 g/mol. The van der Waals surface area contributed by atoms with Crippen LogP contribution in [0.1, 0.15) is 22.8 Å². The summed E-state index contributed by atoms with van der Waals surface area (Å²) in [5.74, 6) is 1.16. The minimum absolute atomic E-state index is 0.129. The van der Waals surface area contributed by atoms with Gasteiger partial charge in [-0.3, -0.25) is 9.59 Å². The van der Waals surface area contributed by atoms with Crippen molar-refractivity contribution in [2.45, 2.75) is 20.0 Å². The largest absolute Gasteiger partial charge is 0.454 e. The molecule has 2 aromatic carbocycles. The molecule has 5 rings (SSSR count). The second-order valence-electron chi connectivity index (χ2n) is 6.75. The van der Waals surface area contributed by atoms with Gasteiger partial charge < -0.3 is 19.4 Å². The van der Waals surface area contributed by atoms with Crippen LogP contribution in [-0.4, -0.2) is 26.9 Å². The lowest BCUT2D eigenvalue weighted by molar-refractivity contribution is 0.0951. The molecule has 8 nitrogen and oxygen atoms in total. The highest BCUT2D eigenvalue weighted by molar-refractivity contribution is 5.97. The second-order valence-corrected chi connectivity index (χ2v) is 6.75. The van der Waals surface area contributed by atoms with E-state index in [4.69, 9.17) is 9.47 Å². The molecule has 0 atom stereocenters. The Morgan fingerprint density at radius 1 is 1.07 bits per heavy atom. The van der Waals surface area contributed by atoms with Gasteiger partial charge in [0.15, 0.2) is 11.5 Å². The van der Waals surface area contributed by atoms with Crippen LogP contribution in [0.3, 0.4) is 0 Å². The molecule has 146 valence electrons. The molecule has 1 N–H and O–H groups in total. The first-order valence-electron chi connectivity index (χ1n) is 9.32. The zero-order valence-electron chi connectivity index (χ0n) is 15.7. The number of benzene rings is 2. The van der Waals surface area contributed by atoms with E-state index in [1.807, 2.05) is 31.2 Å². The van der Waals surface area contributed by atoms with Gasteiger partial charge in [-0.25, -0.2) is 4.52 Å². The third kappa shape index (κ3) is 2.80. The molecule has 1 amide bonds. The quantitative estimate of drug-likeness (QED) is 0.578. The summed E-state index contributed by atoms with van der Waals surface area (Å²) in [5.41, 5.74) is 3.22. The number of fused-ring (bicyclic) bond motifs is 4. The van der Waals surface area contributed by atoms with Crippen LogP contribution in [-0.2, 0) is 13.1 Å². The maximum Gasteiger partial charge on any atom is 0.277 e. The van der Waals surface area contributed by atoms with Crippen molar-refractivity contribution in [3.63, 3.8) is 0 Å². The normalized spacial score (nSPS) is 12.6. The van der Waals surface area contributed by atoms with E-state index in [9.17, 15) is 9.59 Å². The Morgan fingerprint density at radius 2 is 1.93 bits per heavy atom. The number of aryl methyl sites for hydroxylation is 1. The van der Waals surface area contributed by atoms with Crippen LogP contribution < -0.4 is 20.3 Å². The number of nitrogens with zero attached hydrogens (tertiary/aromatic N) is 3. The van der Waals surface area contributed by atoms with Crippen LogP contribution in [0.15, 0.2) is 53.5 Å². The van der Waals surface area contributed by atoms with Gasteiger partial charge in [-0.1, -0.05) is 6.07 Å². The summed E-state index contributed by atoms with van der Waals surface area (Å²) in [4.78, 5) is 25.4. The third-order valence-electron chi connectivity index (χ3n) is 5.07. The standard InChI is InChI=1S/C21H18N4O4/c1-2-24-17-10-14(4-5-15(17)25-16(21(24)27)7-8-23-25)20(26)22-11-13-3-6-18-19(9-13)29-12-28-18/h3-10H,2,11-12H2,1H3,(H,22,26). The van der Waals surface area contributed by atoms with Crippen molar-refractivity contribution < 1.29 is 14.3 Å². The van der Waals surface area contributed by atoms with Crippen molar-refractivity contribution in [2.75, 3.05) is 6.79 Å². The van der Waals surface area contributed by atoms with Gasteiger partial charge in [-0.05, 0) is 48.9 Å². The van der Waals surface area contributed by atoms with Gasteiger partial charge in [0, 0.05) is 18.7 Å². The number of nitrogens with one attached hydrogen (secondary N) is 1. The van der Waals surface area contributed by atoms with Crippen molar-refractivity contribution in [1.29, 1.82) is 0 Å². The van der Waals surface area contributed by atoms with E-state index in [2.05, 4.69) is 10.4 Å². The average Bonchev–Trinajstić information content (AvgIpc) is 3.41. The molecule has 0 saturated carbocycles. The van der Waals surface area contributed by atoms with Crippen molar-refractivity contribution in [3.05, 3.63) is 70.1 Å². The van der Waals surface area contributed by atoms with Crippen LogP contribution >= 0.6 is 0 Å². The number of amides is 1. The lowest BCUT2D eigenvalue weighted by Gasteiger charge is -2.12. The Kier molecular flexibility index (Phi) is 3.97. The summed E-state index contributed by atoms with van der Waals surface area (Å²) < 4.78 is 13.9. The molecule has 0 spiro atoms. The number of aromatic nitrogens is 3. The summed E-state index contributed by atoms with van der Waals surface area (Å²) in [5, 5.41) is 7.15. The molecule has 0 bridgehead atoms. The molecule has 2 aromatic heterocycles. The number of hydrogen-bond donors (Lipinski definition) is 1. The van der Waals surface area contributed by atoms with Gasteiger partial charge in [0.05, 0.1) is 17.2 Å². The van der Waals surface area contributed by atoms with Gasteiger partial charge in [0.2, 0.25) is 6.79 Å². The fourth-order valence-corrected chi connectivity index (χ4v) is 3.61. The summed E-state index contributed by atoms with van der Waals surface area (Å²) in [6.45, 7) is 2.97. The highest BCUT2D eigenvalue weighted by atomic mass is 16.7. The Balaban J connectivity index is 1.46. The molecule has 0 radical (unpaired) electrons. The summed E-state index contributed by atoms with van der Waals surface area (Å²) in [6, 6.07) is 12.5. The monoisotopic (exact) mass is 390 g/mol. The predicted octanol–water partition coefficient (Wildman–Crippen LogP) is 2.33. The molecule has 1 aliphatic heterocycles. The Bertz CT molecular complexity index is 1320. The zero-order valence-corrected chi connectivity index (χ0v) is 15.7. The molecule has 8 heteroatoms. The van der Waals surface area contributed by atoms with Crippen LogP contribution in [0.4, 0.5) is 0 Å². The number of carbonyl (C=O) groups is 1. The molecular formula is C21H18N4O4. The van der Waals surface area contributed by atoms with Crippen LogP contribution in [0.2, 0.25) is 0 Å². The van der Waals surface area contributed by atoms with Crippen LogP contribution in [0, 0.1) is 0 Å². The highest BCUT2D eigenvalue weighted by Crippen LogP contribution is 2.32. The van der Waals surface area contributed by atoms with Crippen LogP contribution in [0.25, 0.3) is 16.6 Å². The van der Waals surface area contributed by atoms with E-state index in [0.717, 1.165) is 11.1 Å². The second kappa shape index (κ2) is 6.66. The molecular weight excluding hydrogens is 372 g/mol. The van der Waals surface area contributed by atoms with Crippen molar-refractivity contribution in [1.82, 2.24) is 19.5 Å². The molecule has 29 heavy (non-hydrogen) atoms. The van der Waals surface area contributed by atoms with Gasteiger partial charge in [-0.2, -0.15) is 5.10 Å². The molecule has 4 aromatic rings. The van der Waals surface area contributed by atoms with Gasteiger partial charge in [0.1, 0.15) is 5.52 Å². The van der Waals surface area contributed by atoms with Crippen molar-refractivity contribution in [3.8, 4) is 11.5 Å².